The number of rotatable bonds is 9. The van der Waals surface area contributed by atoms with Gasteiger partial charge in [-0.2, -0.15) is 0 Å². The van der Waals surface area contributed by atoms with Gasteiger partial charge in [-0.05, 0) is 61.7 Å². The lowest BCUT2D eigenvalue weighted by Crippen LogP contribution is -2.21. The van der Waals surface area contributed by atoms with Gasteiger partial charge in [0.1, 0.15) is 11.5 Å². The monoisotopic (exact) mass is 371 g/mol. The van der Waals surface area contributed by atoms with Crippen LogP contribution in [0.3, 0.4) is 0 Å². The minimum Gasteiger partial charge on any atom is -0.497 e. The van der Waals surface area contributed by atoms with Crippen molar-refractivity contribution in [2.75, 3.05) is 25.6 Å². The zero-order chi connectivity index (χ0) is 19.6. The molecule has 0 aliphatic heterocycles. The molecule has 1 N–H and O–H groups in total. The summed E-state index contributed by atoms with van der Waals surface area (Å²) < 4.78 is 15.6. The van der Waals surface area contributed by atoms with Crippen LogP contribution in [0.25, 0.3) is 0 Å². The van der Waals surface area contributed by atoms with Crippen LogP contribution in [0.2, 0.25) is 0 Å². The number of amides is 1. The van der Waals surface area contributed by atoms with Gasteiger partial charge < -0.3 is 19.5 Å². The van der Waals surface area contributed by atoms with E-state index in [4.69, 9.17) is 14.2 Å². The lowest BCUT2D eigenvalue weighted by Gasteiger charge is -2.10. The van der Waals surface area contributed by atoms with Gasteiger partial charge >= 0.3 is 5.97 Å². The second-order valence-corrected chi connectivity index (χ2v) is 6.15. The summed E-state index contributed by atoms with van der Waals surface area (Å²) in [5, 5.41) is 2.75. The van der Waals surface area contributed by atoms with Gasteiger partial charge in [-0.15, -0.1) is 0 Å². The lowest BCUT2D eigenvalue weighted by molar-refractivity contribution is -0.147. The molecule has 0 aromatic heterocycles. The van der Waals surface area contributed by atoms with E-state index in [1.807, 2.05) is 32.0 Å². The SMILES string of the molecule is COc1ccc(OCCCC(=O)OCC(=O)Nc2cc(C)ccc2C)cc1. The zero-order valence-corrected chi connectivity index (χ0v) is 15.9. The van der Waals surface area contributed by atoms with Crippen LogP contribution in [-0.4, -0.2) is 32.2 Å². The summed E-state index contributed by atoms with van der Waals surface area (Å²) in [6.07, 6.45) is 0.691. The third-order valence-electron chi connectivity index (χ3n) is 3.88. The average Bonchev–Trinajstić information content (AvgIpc) is 2.67. The van der Waals surface area contributed by atoms with E-state index < -0.39 is 5.97 Å². The number of benzene rings is 2. The minimum absolute atomic E-state index is 0.187. The standard InChI is InChI=1S/C21H25NO5/c1-15-6-7-16(2)19(13-15)22-20(23)14-27-21(24)5-4-12-26-18-10-8-17(25-3)9-11-18/h6-11,13H,4-5,12,14H2,1-3H3,(H,22,23). The summed E-state index contributed by atoms with van der Waals surface area (Å²) in [5.74, 6) is 0.679. The number of nitrogens with one attached hydrogen (secondary N) is 1. The van der Waals surface area contributed by atoms with Crippen LogP contribution in [0.5, 0.6) is 11.5 Å². The van der Waals surface area contributed by atoms with E-state index in [1.54, 1.807) is 31.4 Å². The number of aryl methyl sites for hydroxylation is 2. The Hall–Kier alpha value is -3.02. The van der Waals surface area contributed by atoms with E-state index in [0.717, 1.165) is 22.6 Å². The zero-order valence-electron chi connectivity index (χ0n) is 15.9. The van der Waals surface area contributed by atoms with Gasteiger partial charge in [0.05, 0.1) is 13.7 Å². The fraction of sp³-hybridized carbons (Fsp3) is 0.333. The Kier molecular flexibility index (Phi) is 7.67. The lowest BCUT2D eigenvalue weighted by atomic mass is 10.1. The number of methoxy groups -OCH3 is 1. The van der Waals surface area contributed by atoms with Crippen molar-refractivity contribution in [1.82, 2.24) is 0 Å². The highest BCUT2D eigenvalue weighted by molar-refractivity contribution is 5.93. The molecule has 2 aromatic rings. The normalized spacial score (nSPS) is 10.2. The van der Waals surface area contributed by atoms with E-state index in [0.29, 0.717) is 18.8 Å². The number of hydrogen-bond donors (Lipinski definition) is 1. The summed E-state index contributed by atoms with van der Waals surface area (Å²) in [6, 6.07) is 13.0. The van der Waals surface area contributed by atoms with E-state index in [-0.39, 0.29) is 18.9 Å². The van der Waals surface area contributed by atoms with Crippen molar-refractivity contribution < 1.29 is 23.8 Å². The van der Waals surface area contributed by atoms with Crippen LogP contribution < -0.4 is 14.8 Å². The predicted octanol–water partition coefficient (Wildman–Crippen LogP) is 3.65. The van der Waals surface area contributed by atoms with Gasteiger partial charge in [0.2, 0.25) is 0 Å². The second-order valence-electron chi connectivity index (χ2n) is 6.15. The first-order chi connectivity index (χ1) is 13.0. The van der Waals surface area contributed by atoms with E-state index in [9.17, 15) is 9.59 Å². The molecule has 0 fully saturated rings. The topological polar surface area (TPSA) is 73.9 Å². The molecule has 0 atom stereocenters. The molecule has 1 amide bonds. The molecule has 0 spiro atoms. The van der Waals surface area contributed by atoms with Crippen LogP contribution in [-0.2, 0) is 14.3 Å². The molecular weight excluding hydrogens is 346 g/mol. The first-order valence-electron chi connectivity index (χ1n) is 8.77. The Morgan fingerprint density at radius 1 is 1.00 bits per heavy atom. The third kappa shape index (κ3) is 7.01. The average molecular weight is 371 g/mol. The molecular formula is C21H25NO5. The van der Waals surface area contributed by atoms with E-state index in [2.05, 4.69) is 5.32 Å². The minimum atomic E-state index is -0.426. The van der Waals surface area contributed by atoms with Gasteiger partial charge in [0, 0.05) is 12.1 Å². The largest absolute Gasteiger partial charge is 0.497 e. The maximum absolute atomic E-state index is 11.9. The van der Waals surface area contributed by atoms with Crippen molar-refractivity contribution in [3.63, 3.8) is 0 Å². The third-order valence-corrected chi connectivity index (χ3v) is 3.88. The molecule has 0 aliphatic rings. The summed E-state index contributed by atoms with van der Waals surface area (Å²) in [6.45, 7) is 3.94. The molecule has 0 saturated carbocycles. The maximum Gasteiger partial charge on any atom is 0.306 e. The highest BCUT2D eigenvalue weighted by Crippen LogP contribution is 2.17. The number of carbonyl (C=O) groups excluding carboxylic acids is 2. The smallest absolute Gasteiger partial charge is 0.306 e. The molecule has 2 aromatic carbocycles. The Labute approximate surface area is 159 Å². The van der Waals surface area contributed by atoms with Crippen molar-refractivity contribution in [3.05, 3.63) is 53.6 Å². The van der Waals surface area contributed by atoms with Crippen molar-refractivity contribution in [2.24, 2.45) is 0 Å². The molecule has 2 rings (SSSR count). The molecule has 0 aliphatic carbocycles. The Morgan fingerprint density at radius 3 is 2.41 bits per heavy atom. The number of carbonyl (C=O) groups is 2. The van der Waals surface area contributed by atoms with Crippen molar-refractivity contribution in [1.29, 1.82) is 0 Å². The number of ether oxygens (including phenoxy) is 3. The number of esters is 1. The molecule has 0 saturated heterocycles. The Balaban J connectivity index is 1.63. The summed E-state index contributed by atoms with van der Waals surface area (Å²) in [7, 11) is 1.60. The van der Waals surface area contributed by atoms with Crippen LogP contribution in [0.1, 0.15) is 24.0 Å². The first-order valence-corrected chi connectivity index (χ1v) is 8.77. The molecule has 0 bridgehead atoms. The fourth-order valence-corrected chi connectivity index (χ4v) is 2.35. The van der Waals surface area contributed by atoms with Crippen molar-refractivity contribution >= 4 is 17.6 Å². The van der Waals surface area contributed by atoms with Gasteiger partial charge in [0.25, 0.3) is 5.91 Å². The predicted molar refractivity (Wildman–Crippen MR) is 103 cm³/mol. The van der Waals surface area contributed by atoms with Gasteiger partial charge in [-0.1, -0.05) is 12.1 Å². The number of hydrogen-bond acceptors (Lipinski definition) is 5. The molecule has 27 heavy (non-hydrogen) atoms. The second kappa shape index (κ2) is 10.2. The quantitative estimate of drug-likeness (QED) is 0.538. The molecule has 0 unspecified atom stereocenters. The van der Waals surface area contributed by atoms with Gasteiger partial charge in [-0.3, -0.25) is 9.59 Å². The number of anilines is 1. The van der Waals surface area contributed by atoms with Crippen molar-refractivity contribution in [3.8, 4) is 11.5 Å². The summed E-state index contributed by atoms with van der Waals surface area (Å²) in [5.41, 5.74) is 2.73. The van der Waals surface area contributed by atoms with Gasteiger partial charge in [-0.25, -0.2) is 0 Å². The molecule has 0 heterocycles. The summed E-state index contributed by atoms with van der Waals surface area (Å²) in [4.78, 5) is 23.7. The maximum atomic E-state index is 11.9. The first kappa shape index (κ1) is 20.3. The van der Waals surface area contributed by atoms with Gasteiger partial charge in [0.15, 0.2) is 6.61 Å². The molecule has 6 heteroatoms. The van der Waals surface area contributed by atoms with Crippen LogP contribution in [0.4, 0.5) is 5.69 Å². The fourth-order valence-electron chi connectivity index (χ4n) is 2.35. The van der Waals surface area contributed by atoms with Crippen LogP contribution in [0.15, 0.2) is 42.5 Å². The highest BCUT2D eigenvalue weighted by atomic mass is 16.5. The Morgan fingerprint density at radius 2 is 1.70 bits per heavy atom. The van der Waals surface area contributed by atoms with E-state index >= 15 is 0 Å². The Bertz CT molecular complexity index is 771. The van der Waals surface area contributed by atoms with Crippen LogP contribution >= 0.6 is 0 Å². The van der Waals surface area contributed by atoms with E-state index in [1.165, 1.54) is 0 Å². The van der Waals surface area contributed by atoms with Crippen molar-refractivity contribution in [2.45, 2.75) is 26.7 Å². The van der Waals surface area contributed by atoms with Crippen LogP contribution in [0, 0.1) is 13.8 Å². The molecule has 0 radical (unpaired) electrons. The summed E-state index contributed by atoms with van der Waals surface area (Å²) >= 11 is 0. The molecule has 6 nitrogen and oxygen atoms in total. The molecule has 144 valence electrons. The highest BCUT2D eigenvalue weighted by Gasteiger charge is 2.09.